The molecule has 0 unspecified atom stereocenters. The topological polar surface area (TPSA) is 71.0 Å². The van der Waals surface area contributed by atoms with Crippen molar-refractivity contribution in [2.45, 2.75) is 32.9 Å². The van der Waals surface area contributed by atoms with Crippen LogP contribution < -0.4 is 5.56 Å². The summed E-state index contributed by atoms with van der Waals surface area (Å²) in [6.45, 7) is 9.23. The zero-order valence-electron chi connectivity index (χ0n) is 18.2. The molecular weight excluding hydrogens is 408 g/mol. The van der Waals surface area contributed by atoms with Crippen LogP contribution in [0.15, 0.2) is 52.4 Å². The molecule has 160 valence electrons. The van der Waals surface area contributed by atoms with Gasteiger partial charge in [0, 0.05) is 24.0 Å². The van der Waals surface area contributed by atoms with Gasteiger partial charge in [-0.3, -0.25) is 14.2 Å². The van der Waals surface area contributed by atoms with E-state index in [0.717, 1.165) is 27.7 Å². The zero-order valence-corrected chi connectivity index (χ0v) is 19.0. The Morgan fingerprint density at radius 3 is 2.61 bits per heavy atom. The van der Waals surface area contributed by atoms with Gasteiger partial charge in [-0.15, -0.1) is 0 Å². The molecule has 0 aliphatic rings. The fourth-order valence-corrected chi connectivity index (χ4v) is 4.71. The van der Waals surface area contributed by atoms with Gasteiger partial charge in [0.25, 0.3) is 5.56 Å². The number of thioether (sulfide) groups is 1. The van der Waals surface area contributed by atoms with Crippen LogP contribution in [0.2, 0.25) is 0 Å². The van der Waals surface area contributed by atoms with Crippen molar-refractivity contribution in [3.05, 3.63) is 63.9 Å². The van der Waals surface area contributed by atoms with Gasteiger partial charge >= 0.3 is 0 Å². The number of nitrogens with one attached hydrogen (secondary N) is 1. The quantitative estimate of drug-likeness (QED) is 0.360. The first kappa shape index (κ1) is 21.2. The molecule has 0 saturated carbocycles. The van der Waals surface area contributed by atoms with Crippen molar-refractivity contribution in [3.8, 4) is 5.69 Å². The number of benzene rings is 2. The average Bonchev–Trinajstić information content (AvgIpc) is 3.14. The van der Waals surface area contributed by atoms with E-state index in [1.807, 2.05) is 70.2 Å². The summed E-state index contributed by atoms with van der Waals surface area (Å²) >= 11 is 1.31. The lowest BCUT2D eigenvalue weighted by atomic mass is 10.1. The second-order valence-electron chi connectivity index (χ2n) is 7.57. The number of fused-ring (bicyclic) bond motifs is 3. The summed E-state index contributed by atoms with van der Waals surface area (Å²) in [6.07, 6.45) is 0. The number of aromatic amines is 1. The standard InChI is InChI=1S/C24H26N4O2S/c1-5-27(6-2)20(29)14-31-24-26-21-17-9-7-8-10-18(17)25-22(21)23(30)28(24)19-13-15(3)11-12-16(19)4/h7-13,25H,5-6,14H2,1-4H3. The average molecular weight is 435 g/mol. The van der Waals surface area contributed by atoms with Crippen LogP contribution in [0.1, 0.15) is 25.0 Å². The maximum absolute atomic E-state index is 13.7. The van der Waals surface area contributed by atoms with Gasteiger partial charge in [-0.1, -0.05) is 42.1 Å². The van der Waals surface area contributed by atoms with Crippen molar-refractivity contribution >= 4 is 39.6 Å². The van der Waals surface area contributed by atoms with Crippen molar-refractivity contribution in [1.29, 1.82) is 0 Å². The number of nitrogens with zero attached hydrogens (tertiary/aromatic N) is 3. The van der Waals surface area contributed by atoms with Crippen LogP contribution in [0.3, 0.4) is 0 Å². The Bertz CT molecular complexity index is 1330. The Kier molecular flexibility index (Phi) is 5.87. The number of H-pyrrole nitrogens is 1. The third-order valence-corrected chi connectivity index (χ3v) is 6.46. The van der Waals surface area contributed by atoms with Gasteiger partial charge < -0.3 is 9.88 Å². The number of para-hydroxylation sites is 1. The maximum atomic E-state index is 13.7. The fourth-order valence-electron chi connectivity index (χ4n) is 3.81. The largest absolute Gasteiger partial charge is 0.349 e. The van der Waals surface area contributed by atoms with Gasteiger partial charge in [-0.2, -0.15) is 0 Å². The summed E-state index contributed by atoms with van der Waals surface area (Å²) in [5.74, 6) is 0.267. The first-order valence-corrected chi connectivity index (χ1v) is 11.4. The summed E-state index contributed by atoms with van der Waals surface area (Å²) in [5, 5.41) is 1.43. The summed E-state index contributed by atoms with van der Waals surface area (Å²) < 4.78 is 1.64. The van der Waals surface area contributed by atoms with E-state index in [0.29, 0.717) is 29.3 Å². The SMILES string of the molecule is CCN(CC)C(=O)CSc1nc2c([nH]c3ccccc32)c(=O)n1-c1cc(C)ccc1C. The number of rotatable bonds is 6. The molecular formula is C24H26N4O2S. The van der Waals surface area contributed by atoms with Gasteiger partial charge in [-0.05, 0) is 51.0 Å². The molecule has 0 saturated heterocycles. The van der Waals surface area contributed by atoms with Crippen molar-refractivity contribution in [2.24, 2.45) is 0 Å². The molecule has 6 nitrogen and oxygen atoms in total. The predicted molar refractivity (Wildman–Crippen MR) is 127 cm³/mol. The Labute approximate surface area is 185 Å². The van der Waals surface area contributed by atoms with Crippen molar-refractivity contribution in [3.63, 3.8) is 0 Å². The Morgan fingerprint density at radius 2 is 1.87 bits per heavy atom. The lowest BCUT2D eigenvalue weighted by Gasteiger charge is -2.19. The number of aryl methyl sites for hydroxylation is 2. The first-order chi connectivity index (χ1) is 14.9. The van der Waals surface area contributed by atoms with E-state index in [1.165, 1.54) is 11.8 Å². The van der Waals surface area contributed by atoms with Gasteiger partial charge in [0.1, 0.15) is 11.0 Å². The summed E-state index contributed by atoms with van der Waals surface area (Å²) in [7, 11) is 0. The molecule has 4 rings (SSSR count). The molecule has 0 aliphatic carbocycles. The van der Waals surface area contributed by atoms with Gasteiger partial charge in [-0.25, -0.2) is 4.98 Å². The highest BCUT2D eigenvalue weighted by Gasteiger charge is 2.20. The van der Waals surface area contributed by atoms with Gasteiger partial charge in [0.05, 0.1) is 11.4 Å². The van der Waals surface area contributed by atoms with Gasteiger partial charge in [0.15, 0.2) is 5.16 Å². The van der Waals surface area contributed by atoms with Crippen LogP contribution >= 0.6 is 11.8 Å². The van der Waals surface area contributed by atoms with E-state index in [4.69, 9.17) is 4.98 Å². The van der Waals surface area contributed by atoms with Crippen LogP contribution in [0.5, 0.6) is 0 Å². The van der Waals surface area contributed by atoms with Crippen LogP contribution in [-0.2, 0) is 4.79 Å². The first-order valence-electron chi connectivity index (χ1n) is 10.5. The molecule has 7 heteroatoms. The summed E-state index contributed by atoms with van der Waals surface area (Å²) in [5.41, 5.74) is 4.64. The smallest absolute Gasteiger partial charge is 0.283 e. The molecule has 1 N–H and O–H groups in total. The predicted octanol–water partition coefficient (Wildman–Crippen LogP) is 4.44. The van der Waals surface area contributed by atoms with Crippen molar-refractivity contribution < 1.29 is 4.79 Å². The highest BCUT2D eigenvalue weighted by molar-refractivity contribution is 7.99. The number of carbonyl (C=O) groups is 1. The minimum Gasteiger partial charge on any atom is -0.349 e. The minimum absolute atomic E-state index is 0.0378. The number of carbonyl (C=O) groups excluding carboxylic acids is 1. The highest BCUT2D eigenvalue weighted by Crippen LogP contribution is 2.27. The van der Waals surface area contributed by atoms with Crippen LogP contribution in [-0.4, -0.2) is 44.2 Å². The zero-order chi connectivity index (χ0) is 22.1. The third-order valence-electron chi connectivity index (χ3n) is 5.54. The molecule has 2 aromatic heterocycles. The Balaban J connectivity index is 1.93. The number of aromatic nitrogens is 3. The molecule has 0 spiro atoms. The van der Waals surface area contributed by atoms with E-state index in [2.05, 4.69) is 4.98 Å². The second-order valence-corrected chi connectivity index (χ2v) is 8.52. The minimum atomic E-state index is -0.160. The van der Waals surface area contributed by atoms with E-state index < -0.39 is 0 Å². The molecule has 0 aliphatic heterocycles. The van der Waals surface area contributed by atoms with Crippen LogP contribution in [0.25, 0.3) is 27.6 Å². The molecule has 2 aromatic carbocycles. The lowest BCUT2D eigenvalue weighted by molar-refractivity contribution is -0.127. The molecule has 0 radical (unpaired) electrons. The van der Waals surface area contributed by atoms with E-state index >= 15 is 0 Å². The lowest BCUT2D eigenvalue weighted by Crippen LogP contribution is -2.32. The summed E-state index contributed by atoms with van der Waals surface area (Å²) in [4.78, 5) is 36.2. The second kappa shape index (κ2) is 8.59. The van der Waals surface area contributed by atoms with E-state index in [9.17, 15) is 9.59 Å². The van der Waals surface area contributed by atoms with Crippen molar-refractivity contribution in [1.82, 2.24) is 19.4 Å². The molecule has 1 amide bonds. The fraction of sp³-hybridized carbons (Fsp3) is 0.292. The molecule has 4 aromatic rings. The molecule has 2 heterocycles. The molecule has 0 atom stereocenters. The monoisotopic (exact) mass is 434 g/mol. The van der Waals surface area contributed by atoms with E-state index in [1.54, 1.807) is 9.47 Å². The third kappa shape index (κ3) is 3.85. The van der Waals surface area contributed by atoms with Crippen LogP contribution in [0, 0.1) is 13.8 Å². The molecule has 31 heavy (non-hydrogen) atoms. The number of hydrogen-bond acceptors (Lipinski definition) is 4. The normalized spacial score (nSPS) is 11.4. The van der Waals surface area contributed by atoms with E-state index in [-0.39, 0.29) is 17.2 Å². The highest BCUT2D eigenvalue weighted by atomic mass is 32.2. The number of hydrogen-bond donors (Lipinski definition) is 1. The summed E-state index contributed by atoms with van der Waals surface area (Å²) in [6, 6.07) is 13.8. The Morgan fingerprint density at radius 1 is 1.13 bits per heavy atom. The van der Waals surface area contributed by atoms with Gasteiger partial charge in [0.2, 0.25) is 5.91 Å². The van der Waals surface area contributed by atoms with Crippen LogP contribution in [0.4, 0.5) is 0 Å². The Hall–Kier alpha value is -3.06. The maximum Gasteiger partial charge on any atom is 0.283 e. The molecule has 0 fully saturated rings. The molecule has 0 bridgehead atoms. The number of amides is 1. The van der Waals surface area contributed by atoms with Crippen molar-refractivity contribution in [2.75, 3.05) is 18.8 Å².